The third-order valence-electron chi connectivity index (χ3n) is 3.06. The summed E-state index contributed by atoms with van der Waals surface area (Å²) in [5.74, 6) is 0.701. The normalized spacial score (nSPS) is 11.9. The minimum absolute atomic E-state index is 0.0179. The van der Waals surface area contributed by atoms with Crippen LogP contribution in [-0.2, 0) is 11.2 Å². The van der Waals surface area contributed by atoms with E-state index in [9.17, 15) is 4.79 Å². The minimum Gasteiger partial charge on any atom is -0.496 e. The van der Waals surface area contributed by atoms with Crippen molar-refractivity contribution >= 4 is 5.78 Å². The maximum Gasteiger partial charge on any atom is 0.158 e. The molecule has 0 spiro atoms. The highest BCUT2D eigenvalue weighted by Crippen LogP contribution is 2.20. The standard InChI is InChI=1S/C16H17NO2/c1-19-15-10-6-5-9-13(15)11-14(18)16(17)12-7-3-2-4-8-12/h2-10,16H,11,17H2,1H3/t16-/m1/s1. The van der Waals surface area contributed by atoms with Crippen LogP contribution in [0.2, 0.25) is 0 Å². The van der Waals surface area contributed by atoms with Gasteiger partial charge in [-0.25, -0.2) is 0 Å². The van der Waals surface area contributed by atoms with Crippen molar-refractivity contribution in [1.29, 1.82) is 0 Å². The Morgan fingerprint density at radius 3 is 2.42 bits per heavy atom. The van der Waals surface area contributed by atoms with Gasteiger partial charge in [-0.1, -0.05) is 48.5 Å². The van der Waals surface area contributed by atoms with Gasteiger partial charge in [0.25, 0.3) is 0 Å². The van der Waals surface area contributed by atoms with Crippen molar-refractivity contribution < 1.29 is 9.53 Å². The van der Waals surface area contributed by atoms with Gasteiger partial charge in [-0.3, -0.25) is 4.79 Å². The first-order valence-electron chi connectivity index (χ1n) is 6.17. The second-order valence-corrected chi connectivity index (χ2v) is 4.34. The molecule has 0 aliphatic heterocycles. The molecule has 0 bridgehead atoms. The van der Waals surface area contributed by atoms with Gasteiger partial charge >= 0.3 is 0 Å². The Morgan fingerprint density at radius 2 is 1.74 bits per heavy atom. The number of hydrogen-bond donors (Lipinski definition) is 1. The minimum atomic E-state index is -0.592. The molecule has 0 aliphatic rings. The first-order valence-corrected chi connectivity index (χ1v) is 6.17. The van der Waals surface area contributed by atoms with E-state index in [1.54, 1.807) is 7.11 Å². The summed E-state index contributed by atoms with van der Waals surface area (Å²) in [6, 6.07) is 16.3. The molecule has 0 aliphatic carbocycles. The second kappa shape index (κ2) is 6.16. The van der Waals surface area contributed by atoms with Crippen LogP contribution in [0, 0.1) is 0 Å². The Balaban J connectivity index is 2.13. The van der Waals surface area contributed by atoms with Crippen LogP contribution in [0.15, 0.2) is 54.6 Å². The Labute approximate surface area is 113 Å². The fraction of sp³-hybridized carbons (Fsp3) is 0.188. The number of nitrogens with two attached hydrogens (primary N) is 1. The third-order valence-corrected chi connectivity index (χ3v) is 3.06. The Bertz CT molecular complexity index is 552. The van der Waals surface area contributed by atoms with Gasteiger partial charge in [0, 0.05) is 12.0 Å². The molecule has 1 atom stereocenters. The highest BCUT2D eigenvalue weighted by molar-refractivity contribution is 5.87. The summed E-state index contributed by atoms with van der Waals surface area (Å²) < 4.78 is 5.24. The number of ether oxygens (including phenoxy) is 1. The van der Waals surface area contributed by atoms with E-state index in [0.29, 0.717) is 0 Å². The van der Waals surface area contributed by atoms with Gasteiger partial charge < -0.3 is 10.5 Å². The van der Waals surface area contributed by atoms with Gasteiger partial charge in [0.2, 0.25) is 0 Å². The molecule has 2 aromatic carbocycles. The molecule has 0 radical (unpaired) electrons. The van der Waals surface area contributed by atoms with Crippen molar-refractivity contribution in [1.82, 2.24) is 0 Å². The lowest BCUT2D eigenvalue weighted by Crippen LogP contribution is -2.23. The number of ketones is 1. The molecule has 0 unspecified atom stereocenters. The highest BCUT2D eigenvalue weighted by Gasteiger charge is 2.17. The number of carbonyl (C=O) groups excluding carboxylic acids is 1. The average Bonchev–Trinajstić information content (AvgIpc) is 2.48. The van der Waals surface area contributed by atoms with Crippen molar-refractivity contribution in [2.24, 2.45) is 5.73 Å². The van der Waals surface area contributed by atoms with Crippen molar-refractivity contribution in [3.8, 4) is 5.75 Å². The summed E-state index contributed by atoms with van der Waals surface area (Å²) in [4.78, 5) is 12.2. The van der Waals surface area contributed by atoms with Crippen LogP contribution in [0.4, 0.5) is 0 Å². The van der Waals surface area contributed by atoms with E-state index in [0.717, 1.165) is 16.9 Å². The average molecular weight is 255 g/mol. The number of methoxy groups -OCH3 is 1. The third kappa shape index (κ3) is 3.20. The van der Waals surface area contributed by atoms with Gasteiger partial charge in [-0.05, 0) is 11.6 Å². The SMILES string of the molecule is COc1ccccc1CC(=O)[C@H](N)c1ccccc1. The number of rotatable bonds is 5. The van der Waals surface area contributed by atoms with Gasteiger partial charge in [0.15, 0.2) is 5.78 Å². The number of hydrogen-bond acceptors (Lipinski definition) is 3. The molecule has 2 rings (SSSR count). The molecule has 0 heterocycles. The first kappa shape index (κ1) is 13.3. The van der Waals surface area contributed by atoms with E-state index < -0.39 is 6.04 Å². The Kier molecular flexibility index (Phi) is 4.31. The molecule has 2 aromatic rings. The van der Waals surface area contributed by atoms with E-state index in [4.69, 9.17) is 10.5 Å². The Hall–Kier alpha value is -2.13. The zero-order chi connectivity index (χ0) is 13.7. The zero-order valence-corrected chi connectivity index (χ0v) is 10.9. The lowest BCUT2D eigenvalue weighted by Gasteiger charge is -2.12. The van der Waals surface area contributed by atoms with Crippen molar-refractivity contribution in [3.05, 3.63) is 65.7 Å². The van der Waals surface area contributed by atoms with E-state index in [2.05, 4.69) is 0 Å². The fourth-order valence-corrected chi connectivity index (χ4v) is 1.99. The molecule has 0 saturated heterocycles. The van der Waals surface area contributed by atoms with Gasteiger partial charge in [-0.15, -0.1) is 0 Å². The van der Waals surface area contributed by atoms with Gasteiger partial charge in [0.05, 0.1) is 13.2 Å². The van der Waals surface area contributed by atoms with Crippen LogP contribution in [0.5, 0.6) is 5.75 Å². The summed E-state index contributed by atoms with van der Waals surface area (Å²) in [5, 5.41) is 0. The molecular weight excluding hydrogens is 238 g/mol. The van der Waals surface area contributed by atoms with Crippen LogP contribution in [0.3, 0.4) is 0 Å². The monoisotopic (exact) mass is 255 g/mol. The van der Waals surface area contributed by atoms with Gasteiger partial charge in [0.1, 0.15) is 5.75 Å². The number of benzene rings is 2. The number of Topliss-reactive ketones (excluding diaryl/α,β-unsaturated/α-hetero) is 1. The van der Waals surface area contributed by atoms with E-state index in [1.165, 1.54) is 0 Å². The second-order valence-electron chi connectivity index (χ2n) is 4.34. The molecule has 3 heteroatoms. The molecule has 0 aromatic heterocycles. The summed E-state index contributed by atoms with van der Waals surface area (Å²) in [6.07, 6.45) is 0.278. The van der Waals surface area contributed by atoms with E-state index in [-0.39, 0.29) is 12.2 Å². The smallest absolute Gasteiger partial charge is 0.158 e. The predicted molar refractivity (Wildman–Crippen MR) is 75.1 cm³/mol. The van der Waals surface area contributed by atoms with Crippen molar-refractivity contribution in [3.63, 3.8) is 0 Å². The number of para-hydroxylation sites is 1. The molecule has 2 N–H and O–H groups in total. The van der Waals surface area contributed by atoms with Crippen LogP contribution >= 0.6 is 0 Å². The lowest BCUT2D eigenvalue weighted by molar-refractivity contribution is -0.119. The largest absolute Gasteiger partial charge is 0.496 e. The summed E-state index contributed by atoms with van der Waals surface area (Å²) in [7, 11) is 1.60. The van der Waals surface area contributed by atoms with E-state index >= 15 is 0 Å². The van der Waals surface area contributed by atoms with Gasteiger partial charge in [-0.2, -0.15) is 0 Å². The lowest BCUT2D eigenvalue weighted by atomic mass is 9.98. The molecule has 98 valence electrons. The van der Waals surface area contributed by atoms with Crippen LogP contribution < -0.4 is 10.5 Å². The van der Waals surface area contributed by atoms with Crippen molar-refractivity contribution in [2.45, 2.75) is 12.5 Å². The van der Waals surface area contributed by atoms with Crippen LogP contribution in [-0.4, -0.2) is 12.9 Å². The quantitative estimate of drug-likeness (QED) is 0.893. The molecule has 0 amide bonds. The van der Waals surface area contributed by atoms with Crippen LogP contribution in [0.1, 0.15) is 17.2 Å². The van der Waals surface area contributed by atoms with Crippen molar-refractivity contribution in [2.75, 3.05) is 7.11 Å². The molecule has 0 fully saturated rings. The predicted octanol–water partition coefficient (Wildman–Crippen LogP) is 2.51. The molecule has 0 saturated carbocycles. The number of carbonyl (C=O) groups is 1. The Morgan fingerprint density at radius 1 is 1.11 bits per heavy atom. The van der Waals surface area contributed by atoms with Crippen LogP contribution in [0.25, 0.3) is 0 Å². The summed E-state index contributed by atoms with van der Waals surface area (Å²) in [6.45, 7) is 0. The maximum absolute atomic E-state index is 12.2. The maximum atomic E-state index is 12.2. The highest BCUT2D eigenvalue weighted by atomic mass is 16.5. The first-order chi connectivity index (χ1) is 9.22. The zero-order valence-electron chi connectivity index (χ0n) is 10.9. The fourth-order valence-electron chi connectivity index (χ4n) is 1.99. The summed E-state index contributed by atoms with van der Waals surface area (Å²) in [5.41, 5.74) is 7.69. The molecular formula is C16H17NO2. The summed E-state index contributed by atoms with van der Waals surface area (Å²) >= 11 is 0. The topological polar surface area (TPSA) is 52.3 Å². The molecule has 3 nitrogen and oxygen atoms in total. The molecule has 19 heavy (non-hydrogen) atoms. The van der Waals surface area contributed by atoms with E-state index in [1.807, 2.05) is 54.6 Å².